The number of hydrogen-bond acceptors (Lipinski definition) is 14. The van der Waals surface area contributed by atoms with Gasteiger partial charge in [-0.25, -0.2) is 9.97 Å². The second-order valence-corrected chi connectivity index (χ2v) is 10.8. The van der Waals surface area contributed by atoms with Gasteiger partial charge in [-0.2, -0.15) is 4.98 Å². The summed E-state index contributed by atoms with van der Waals surface area (Å²) in [5, 5.41) is 18.9. The number of nitrogens with one attached hydrogen (secondary N) is 4. The average molecular weight is 658 g/mol. The van der Waals surface area contributed by atoms with E-state index < -0.39 is 23.3 Å². The fraction of sp³-hybridized carbons (Fsp3) is 0.533. The summed E-state index contributed by atoms with van der Waals surface area (Å²) in [5.41, 5.74) is 11.8. The molecular weight excluding hydrogens is 614 g/mol. The number of fused-ring (bicyclic) bond motifs is 1. The minimum absolute atomic E-state index is 0.0294. The van der Waals surface area contributed by atoms with Gasteiger partial charge < -0.3 is 46.2 Å². The number of nitrogen functional groups attached to an aromatic ring is 1. The Bertz CT molecular complexity index is 1500. The van der Waals surface area contributed by atoms with E-state index in [2.05, 4.69) is 35.9 Å². The first-order valence-electron chi connectivity index (χ1n) is 15.5. The lowest BCUT2D eigenvalue weighted by Crippen LogP contribution is -2.45. The quantitative estimate of drug-likeness (QED) is 0.0516. The van der Waals surface area contributed by atoms with Crippen LogP contribution in [0.5, 0.6) is 0 Å². The zero-order valence-corrected chi connectivity index (χ0v) is 26.2. The lowest BCUT2D eigenvalue weighted by atomic mass is 10.0. The van der Waals surface area contributed by atoms with Crippen molar-refractivity contribution in [2.24, 2.45) is 5.73 Å². The summed E-state index contributed by atoms with van der Waals surface area (Å²) in [6.07, 6.45) is 3.09. The van der Waals surface area contributed by atoms with E-state index in [9.17, 15) is 19.5 Å². The number of rotatable bonds is 23. The van der Waals surface area contributed by atoms with Crippen LogP contribution in [0.2, 0.25) is 0 Å². The normalized spacial score (nSPS) is 16.2. The Kier molecular flexibility index (Phi) is 13.8. The number of amides is 1. The zero-order valence-electron chi connectivity index (χ0n) is 26.2. The monoisotopic (exact) mass is 657 g/mol. The van der Waals surface area contributed by atoms with Crippen LogP contribution in [0.25, 0.3) is 11.2 Å². The van der Waals surface area contributed by atoms with Gasteiger partial charge in [0.05, 0.1) is 51.5 Å². The number of nitrogens with two attached hydrogens (primary N) is 2. The SMILES string of the molecule is NCCCOCCOCCOCCCNC(=O)CCC(NC1(c2ccc(NCc3cnc4nc(N)[nH]c(=O)c4n3)cc2)CO1)C(=O)O. The Morgan fingerprint density at radius 1 is 1.04 bits per heavy atom. The Balaban J connectivity index is 1.13. The molecule has 1 aliphatic rings. The van der Waals surface area contributed by atoms with Crippen LogP contribution < -0.4 is 33.0 Å². The van der Waals surface area contributed by atoms with Gasteiger partial charge in [0, 0.05) is 37.4 Å². The highest BCUT2D eigenvalue weighted by molar-refractivity contribution is 5.78. The van der Waals surface area contributed by atoms with Gasteiger partial charge in [-0.05, 0) is 37.9 Å². The number of carboxylic acids is 1. The van der Waals surface area contributed by atoms with Crippen LogP contribution in [-0.4, -0.2) is 102 Å². The lowest BCUT2D eigenvalue weighted by Gasteiger charge is -2.21. The van der Waals surface area contributed by atoms with Crippen molar-refractivity contribution < 1.29 is 33.6 Å². The molecule has 3 heterocycles. The zero-order chi connectivity index (χ0) is 33.5. The van der Waals surface area contributed by atoms with Gasteiger partial charge in [-0.3, -0.25) is 24.7 Å². The predicted octanol–water partition coefficient (Wildman–Crippen LogP) is -0.182. The van der Waals surface area contributed by atoms with E-state index in [1.54, 1.807) is 0 Å². The molecular formula is C30H43N9O8. The van der Waals surface area contributed by atoms with Crippen LogP contribution in [0.3, 0.4) is 0 Å². The molecule has 1 aromatic carbocycles. The number of aromatic amines is 1. The summed E-state index contributed by atoms with van der Waals surface area (Å²) < 4.78 is 21.9. The molecule has 0 saturated carbocycles. The van der Waals surface area contributed by atoms with E-state index in [1.165, 1.54) is 6.20 Å². The third-order valence-corrected chi connectivity index (χ3v) is 7.13. The highest BCUT2D eigenvalue weighted by Gasteiger charge is 2.49. The number of anilines is 2. The molecule has 0 spiro atoms. The highest BCUT2D eigenvalue weighted by atomic mass is 16.6. The molecule has 2 atom stereocenters. The van der Waals surface area contributed by atoms with Gasteiger partial charge in [0.1, 0.15) is 6.04 Å². The summed E-state index contributed by atoms with van der Waals surface area (Å²) >= 11 is 0. The van der Waals surface area contributed by atoms with Crippen LogP contribution >= 0.6 is 0 Å². The van der Waals surface area contributed by atoms with Gasteiger partial charge in [0.15, 0.2) is 16.9 Å². The van der Waals surface area contributed by atoms with E-state index in [0.29, 0.717) is 78.0 Å². The molecule has 9 N–H and O–H groups in total. The number of benzene rings is 1. The molecule has 1 saturated heterocycles. The lowest BCUT2D eigenvalue weighted by molar-refractivity contribution is -0.140. The summed E-state index contributed by atoms with van der Waals surface area (Å²) in [7, 11) is 0. The Morgan fingerprint density at radius 3 is 2.38 bits per heavy atom. The van der Waals surface area contributed by atoms with Gasteiger partial charge in [0.2, 0.25) is 11.9 Å². The number of carbonyl (C=O) groups is 2. The largest absolute Gasteiger partial charge is 0.480 e. The topological polar surface area (TPSA) is 254 Å². The maximum atomic E-state index is 12.3. The molecule has 0 aliphatic carbocycles. The second-order valence-electron chi connectivity index (χ2n) is 10.8. The number of carbonyl (C=O) groups excluding carboxylic acids is 1. The molecule has 3 aromatic rings. The van der Waals surface area contributed by atoms with Crippen LogP contribution in [0.1, 0.15) is 36.9 Å². The minimum Gasteiger partial charge on any atom is -0.480 e. The molecule has 0 radical (unpaired) electrons. The molecule has 2 unspecified atom stereocenters. The van der Waals surface area contributed by atoms with Crippen LogP contribution in [0, 0.1) is 0 Å². The van der Waals surface area contributed by atoms with E-state index in [4.69, 9.17) is 30.4 Å². The highest BCUT2D eigenvalue weighted by Crippen LogP contribution is 2.37. The second kappa shape index (κ2) is 18.2. The Hall–Kier alpha value is -4.26. The summed E-state index contributed by atoms with van der Waals surface area (Å²) in [6.45, 7) is 4.65. The number of aliphatic carboxylic acids is 1. The maximum absolute atomic E-state index is 12.3. The standard InChI is InChI=1S/C30H43N9O8/c31-9-1-11-44-13-15-46-16-14-45-12-2-10-33-24(40)8-7-23(28(42)43)39-30(19-47-30)20-3-5-21(6-4-20)34-17-22-18-35-26-25(36-22)27(41)38-29(32)37-26/h3-6,18,23,34,39H,1-2,7-17,19,31H2,(H,33,40)(H,42,43)(H3,32,35,37,38,41). The van der Waals surface area contributed by atoms with Crippen molar-refractivity contribution in [2.75, 3.05) is 70.4 Å². The summed E-state index contributed by atoms with van der Waals surface area (Å²) in [4.78, 5) is 51.3. The molecule has 0 bridgehead atoms. The van der Waals surface area contributed by atoms with Crippen molar-refractivity contribution in [2.45, 2.75) is 44.0 Å². The van der Waals surface area contributed by atoms with Gasteiger partial charge in [-0.15, -0.1) is 0 Å². The van der Waals surface area contributed by atoms with Crippen LogP contribution in [0.4, 0.5) is 11.6 Å². The van der Waals surface area contributed by atoms with Gasteiger partial charge in [-0.1, -0.05) is 12.1 Å². The first kappa shape index (κ1) is 35.6. The third-order valence-electron chi connectivity index (χ3n) is 7.13. The smallest absolute Gasteiger partial charge is 0.320 e. The molecule has 256 valence electrons. The number of hydrogen-bond donors (Lipinski definition) is 7. The molecule has 17 nitrogen and oxygen atoms in total. The van der Waals surface area contributed by atoms with E-state index >= 15 is 0 Å². The Morgan fingerprint density at radius 2 is 1.72 bits per heavy atom. The molecule has 1 amide bonds. The number of ether oxygens (including phenoxy) is 4. The van der Waals surface area contributed by atoms with Crippen molar-refractivity contribution in [1.82, 2.24) is 30.6 Å². The summed E-state index contributed by atoms with van der Waals surface area (Å²) in [5.74, 6) is -1.34. The molecule has 2 aromatic heterocycles. The van der Waals surface area contributed by atoms with Crippen molar-refractivity contribution in [3.05, 3.63) is 52.1 Å². The summed E-state index contributed by atoms with van der Waals surface area (Å²) in [6, 6.07) is 6.31. The van der Waals surface area contributed by atoms with Crippen molar-refractivity contribution >= 4 is 34.7 Å². The van der Waals surface area contributed by atoms with Gasteiger partial charge >= 0.3 is 5.97 Å². The number of epoxide rings is 1. The molecule has 17 heteroatoms. The predicted molar refractivity (Wildman–Crippen MR) is 171 cm³/mol. The Labute approximate surface area is 271 Å². The maximum Gasteiger partial charge on any atom is 0.320 e. The number of carboxylic acid groups (broad SMARTS) is 1. The van der Waals surface area contributed by atoms with Crippen molar-refractivity contribution in [3.63, 3.8) is 0 Å². The van der Waals surface area contributed by atoms with Gasteiger partial charge in [0.25, 0.3) is 5.56 Å². The van der Waals surface area contributed by atoms with Crippen LogP contribution in [0.15, 0.2) is 35.3 Å². The van der Waals surface area contributed by atoms with Crippen molar-refractivity contribution in [1.29, 1.82) is 0 Å². The molecule has 4 rings (SSSR count). The van der Waals surface area contributed by atoms with Crippen molar-refractivity contribution in [3.8, 4) is 0 Å². The van der Waals surface area contributed by atoms with E-state index in [1.807, 2.05) is 24.3 Å². The number of H-pyrrole nitrogens is 1. The fourth-order valence-electron chi connectivity index (χ4n) is 4.54. The average Bonchev–Trinajstić information content (AvgIpc) is 3.85. The first-order valence-corrected chi connectivity index (χ1v) is 15.5. The van der Waals surface area contributed by atoms with E-state index in [0.717, 1.165) is 17.7 Å². The van der Waals surface area contributed by atoms with Crippen LogP contribution in [-0.2, 0) is 40.8 Å². The number of nitrogens with zero attached hydrogens (tertiary/aromatic N) is 3. The fourth-order valence-corrected chi connectivity index (χ4v) is 4.54. The van der Waals surface area contributed by atoms with E-state index in [-0.39, 0.29) is 35.9 Å². The minimum atomic E-state index is -1.07. The first-order chi connectivity index (χ1) is 22.8. The third kappa shape index (κ3) is 11.5. The number of aromatic nitrogens is 4. The molecule has 1 fully saturated rings. The molecule has 47 heavy (non-hydrogen) atoms. The molecule has 1 aliphatic heterocycles.